The molecule has 0 aliphatic carbocycles. The lowest BCUT2D eigenvalue weighted by molar-refractivity contribution is 0.0955. The maximum atomic E-state index is 13.9. The van der Waals surface area contributed by atoms with Crippen LogP contribution in [-0.2, 0) is 9.84 Å². The Morgan fingerprint density at radius 2 is 1.47 bits per heavy atom. The number of nitrogens with zero attached hydrogens (tertiary/aromatic N) is 1. The normalized spacial score (nSPS) is 14.8. The number of rotatable bonds is 7. The van der Waals surface area contributed by atoms with E-state index in [0.717, 1.165) is 29.5 Å². The summed E-state index contributed by atoms with van der Waals surface area (Å²) in [5.41, 5.74) is 2.94. The number of benzene rings is 3. The van der Waals surface area contributed by atoms with E-state index in [2.05, 4.69) is 10.2 Å². The highest BCUT2D eigenvalue weighted by Gasteiger charge is 2.35. The van der Waals surface area contributed by atoms with Crippen LogP contribution in [0.5, 0.6) is 0 Å². The zero-order chi connectivity index (χ0) is 26.0. The van der Waals surface area contributed by atoms with Crippen LogP contribution in [0.15, 0.2) is 72.3 Å². The molecular formula is C27H25ClF2N2O3S. The van der Waals surface area contributed by atoms with Gasteiger partial charge < -0.3 is 5.32 Å². The summed E-state index contributed by atoms with van der Waals surface area (Å²) in [7, 11) is -3.76. The average Bonchev–Trinajstić information content (AvgIpc) is 2.77. The topological polar surface area (TPSA) is 66.5 Å². The molecule has 3 aromatic carbocycles. The molecule has 36 heavy (non-hydrogen) atoms. The molecule has 1 atom stereocenters. The third kappa shape index (κ3) is 5.67. The van der Waals surface area contributed by atoms with Crippen molar-refractivity contribution in [2.45, 2.75) is 13.0 Å². The van der Waals surface area contributed by atoms with Gasteiger partial charge in [-0.2, -0.15) is 0 Å². The molecule has 188 valence electrons. The molecule has 1 amide bonds. The van der Waals surface area contributed by atoms with Crippen molar-refractivity contribution < 1.29 is 22.0 Å². The molecule has 1 aliphatic heterocycles. The van der Waals surface area contributed by atoms with Gasteiger partial charge in [-0.25, -0.2) is 17.2 Å². The van der Waals surface area contributed by atoms with Gasteiger partial charge in [0.05, 0.1) is 10.9 Å². The van der Waals surface area contributed by atoms with Crippen LogP contribution in [0.2, 0.25) is 5.02 Å². The van der Waals surface area contributed by atoms with Crippen molar-refractivity contribution in [1.82, 2.24) is 10.2 Å². The molecule has 1 aliphatic rings. The summed E-state index contributed by atoms with van der Waals surface area (Å²) in [6.07, 6.45) is 1.04. The molecule has 9 heteroatoms. The van der Waals surface area contributed by atoms with E-state index in [1.165, 1.54) is 0 Å². The van der Waals surface area contributed by atoms with Gasteiger partial charge in [-0.3, -0.25) is 9.69 Å². The van der Waals surface area contributed by atoms with Crippen molar-refractivity contribution in [2.24, 2.45) is 0 Å². The van der Waals surface area contributed by atoms with E-state index in [1.807, 2.05) is 31.2 Å². The molecule has 3 aromatic rings. The molecular weight excluding hydrogens is 506 g/mol. The molecule has 4 rings (SSSR count). The predicted molar refractivity (Wildman–Crippen MR) is 137 cm³/mol. The van der Waals surface area contributed by atoms with E-state index in [4.69, 9.17) is 11.6 Å². The van der Waals surface area contributed by atoms with E-state index in [-0.39, 0.29) is 35.5 Å². The van der Waals surface area contributed by atoms with Gasteiger partial charge in [-0.05, 0) is 65.6 Å². The third-order valence-electron chi connectivity index (χ3n) is 5.98. The Bertz CT molecular complexity index is 1390. The highest BCUT2D eigenvalue weighted by Crippen LogP contribution is 2.38. The molecule has 0 bridgehead atoms. The molecule has 0 aromatic heterocycles. The van der Waals surface area contributed by atoms with Gasteiger partial charge in [-0.15, -0.1) is 0 Å². The second-order valence-corrected chi connectivity index (χ2v) is 11.1. The third-order valence-corrected chi connectivity index (χ3v) is 7.50. The van der Waals surface area contributed by atoms with Crippen LogP contribution in [0.3, 0.4) is 0 Å². The van der Waals surface area contributed by atoms with Crippen LogP contribution in [0.4, 0.5) is 8.78 Å². The minimum atomic E-state index is -3.76. The number of amides is 1. The Morgan fingerprint density at radius 3 is 1.97 bits per heavy atom. The van der Waals surface area contributed by atoms with Gasteiger partial charge in [0, 0.05) is 42.5 Å². The summed E-state index contributed by atoms with van der Waals surface area (Å²) in [5.74, 6) is -1.84. The molecule has 1 fully saturated rings. The first kappa shape index (κ1) is 26.0. The Labute approximate surface area is 214 Å². The number of likely N-dealkylation sites (tertiary alicyclic amines) is 1. The molecule has 0 spiro atoms. The van der Waals surface area contributed by atoms with E-state index in [1.54, 1.807) is 24.3 Å². The fraction of sp³-hybridized carbons (Fsp3) is 0.222. The monoisotopic (exact) mass is 530 g/mol. The van der Waals surface area contributed by atoms with E-state index in [0.29, 0.717) is 28.8 Å². The number of nitrogens with one attached hydrogen (secondary N) is 1. The van der Waals surface area contributed by atoms with E-state index >= 15 is 0 Å². The number of halogens is 3. The van der Waals surface area contributed by atoms with Gasteiger partial charge in [0.1, 0.15) is 11.6 Å². The molecule has 0 saturated carbocycles. The number of hydrogen-bond acceptors (Lipinski definition) is 4. The first-order valence-electron chi connectivity index (χ1n) is 11.3. The van der Waals surface area contributed by atoms with Crippen LogP contribution in [-0.4, -0.2) is 45.1 Å². The van der Waals surface area contributed by atoms with Crippen molar-refractivity contribution >= 4 is 32.3 Å². The first-order chi connectivity index (χ1) is 17.1. The fourth-order valence-electron chi connectivity index (χ4n) is 4.47. The van der Waals surface area contributed by atoms with Gasteiger partial charge >= 0.3 is 0 Å². The van der Waals surface area contributed by atoms with Crippen LogP contribution >= 0.6 is 11.6 Å². The first-order valence-corrected chi connectivity index (χ1v) is 13.6. The van der Waals surface area contributed by atoms with Crippen LogP contribution in [0.25, 0.3) is 4.91 Å². The molecule has 0 unspecified atom stereocenters. The lowest BCUT2D eigenvalue weighted by Gasteiger charge is -2.42. The molecule has 1 saturated heterocycles. The molecule has 5 nitrogen and oxygen atoms in total. The quantitative estimate of drug-likeness (QED) is 0.454. The second-order valence-electron chi connectivity index (χ2n) is 8.70. The van der Waals surface area contributed by atoms with Gasteiger partial charge in [-0.1, -0.05) is 35.9 Å². The summed E-state index contributed by atoms with van der Waals surface area (Å²) >= 11 is 6.09. The smallest absolute Gasteiger partial charge is 0.251 e. The van der Waals surface area contributed by atoms with Gasteiger partial charge in [0.25, 0.3) is 5.91 Å². The van der Waals surface area contributed by atoms with Crippen molar-refractivity contribution in [3.05, 3.63) is 111 Å². The summed E-state index contributed by atoms with van der Waals surface area (Å²) in [5, 5.41) is 3.35. The lowest BCUT2D eigenvalue weighted by atomic mass is 9.91. The summed E-state index contributed by atoms with van der Waals surface area (Å²) < 4.78 is 53.0. The highest BCUT2D eigenvalue weighted by atomic mass is 35.5. The Morgan fingerprint density at radius 1 is 0.944 bits per heavy atom. The number of carbonyl (C=O) groups excluding carboxylic acids is 1. The Hall–Kier alpha value is -3.07. The minimum Gasteiger partial charge on any atom is -0.352 e. The summed E-state index contributed by atoms with van der Waals surface area (Å²) in [6, 6.07) is 17.1. The number of hydrogen-bond donors (Lipinski definition) is 1. The SMILES string of the molecule is CCNC(=O)c1ccc([C@H](c2ccc(Cl)cc2)N2CC(=C(c3cc(F)cc(F)c3)S(C)(=O)=O)C2)cc1. The van der Waals surface area contributed by atoms with Crippen LogP contribution in [0, 0.1) is 11.6 Å². The Kier molecular flexibility index (Phi) is 7.59. The van der Waals surface area contributed by atoms with Crippen LogP contribution < -0.4 is 5.32 Å². The second kappa shape index (κ2) is 10.5. The van der Waals surface area contributed by atoms with E-state index in [9.17, 15) is 22.0 Å². The number of sulfone groups is 1. The zero-order valence-corrected chi connectivity index (χ0v) is 21.3. The van der Waals surface area contributed by atoms with Gasteiger partial charge in [0.15, 0.2) is 9.84 Å². The summed E-state index contributed by atoms with van der Waals surface area (Å²) in [6.45, 7) is 2.94. The summed E-state index contributed by atoms with van der Waals surface area (Å²) in [4.78, 5) is 14.2. The average molecular weight is 531 g/mol. The van der Waals surface area contributed by atoms with Crippen molar-refractivity contribution in [1.29, 1.82) is 0 Å². The zero-order valence-electron chi connectivity index (χ0n) is 19.8. The maximum absolute atomic E-state index is 13.9. The number of carbonyl (C=O) groups is 1. The van der Waals surface area contributed by atoms with Gasteiger partial charge in [0.2, 0.25) is 0 Å². The van der Waals surface area contributed by atoms with Crippen molar-refractivity contribution in [2.75, 3.05) is 25.9 Å². The lowest BCUT2D eigenvalue weighted by Crippen LogP contribution is -2.44. The predicted octanol–water partition coefficient (Wildman–Crippen LogP) is 5.23. The molecule has 1 N–H and O–H groups in total. The minimum absolute atomic E-state index is 0.000942. The molecule has 1 heterocycles. The fourth-order valence-corrected chi connectivity index (χ4v) is 5.80. The van der Waals surface area contributed by atoms with E-state index < -0.39 is 21.5 Å². The largest absolute Gasteiger partial charge is 0.352 e. The van der Waals surface area contributed by atoms with Crippen LogP contribution in [0.1, 0.15) is 40.0 Å². The van der Waals surface area contributed by atoms with Crippen molar-refractivity contribution in [3.63, 3.8) is 0 Å². The van der Waals surface area contributed by atoms with Crippen molar-refractivity contribution in [3.8, 4) is 0 Å². The standard InChI is InChI=1S/C27H25ClF2N2O3S/c1-3-31-27(33)19-6-4-17(5-7-19)25(18-8-10-22(28)11-9-18)32-15-21(16-32)26(36(2,34)35)20-12-23(29)14-24(30)13-20/h4-14,25H,3,15-16H2,1-2H3,(H,31,33)/t25-/m1/s1. The molecule has 0 radical (unpaired) electrons. The Balaban J connectivity index is 1.71. The maximum Gasteiger partial charge on any atom is 0.251 e. The highest BCUT2D eigenvalue weighted by molar-refractivity contribution is 8.00.